The molecule has 0 saturated carbocycles. The van der Waals surface area contributed by atoms with E-state index >= 15 is 0 Å². The van der Waals surface area contributed by atoms with Crippen LogP contribution in [0.25, 0.3) is 0 Å². The molecule has 2 aromatic heterocycles. The molecular weight excluding hydrogens is 492 g/mol. The van der Waals surface area contributed by atoms with Crippen molar-refractivity contribution in [1.29, 1.82) is 5.26 Å². The number of carbonyl (C=O) groups is 2. The summed E-state index contributed by atoms with van der Waals surface area (Å²) >= 11 is 1.33. The molecule has 37 heavy (non-hydrogen) atoms. The Morgan fingerprint density at radius 1 is 1.19 bits per heavy atom. The number of thiazole rings is 1. The van der Waals surface area contributed by atoms with E-state index in [4.69, 9.17) is 25.4 Å². The average Bonchev–Trinajstić information content (AvgIpc) is 3.53. The van der Waals surface area contributed by atoms with Crippen LogP contribution >= 0.6 is 11.3 Å². The number of aliphatic carboxylic acids is 2. The normalized spacial score (nSPS) is 14.6. The molecule has 3 N–H and O–H groups in total. The van der Waals surface area contributed by atoms with Gasteiger partial charge in [0.05, 0.1) is 12.2 Å². The molecule has 3 aromatic rings. The first-order valence-corrected chi connectivity index (χ1v) is 12.5. The van der Waals surface area contributed by atoms with E-state index in [1.54, 1.807) is 6.20 Å². The number of nitriles is 1. The Morgan fingerprint density at radius 3 is 2.43 bits per heavy atom. The summed E-state index contributed by atoms with van der Waals surface area (Å²) in [5, 5.41) is 28.7. The minimum atomic E-state index is -1.26. The van der Waals surface area contributed by atoms with Gasteiger partial charge in [-0.05, 0) is 38.7 Å². The zero-order valence-corrected chi connectivity index (χ0v) is 21.6. The van der Waals surface area contributed by atoms with Gasteiger partial charge in [0.1, 0.15) is 16.8 Å². The number of carboxylic acids is 2. The Hall–Kier alpha value is -4.30. The van der Waals surface area contributed by atoms with E-state index in [0.717, 1.165) is 48.8 Å². The monoisotopic (exact) mass is 520 g/mol. The highest BCUT2D eigenvalue weighted by atomic mass is 32.1. The van der Waals surface area contributed by atoms with Gasteiger partial charge in [0.25, 0.3) is 0 Å². The molecule has 0 radical (unpaired) electrons. The topological polar surface area (TPSA) is 152 Å². The second-order valence-corrected chi connectivity index (χ2v) is 9.36. The molecule has 4 rings (SSSR count). The highest BCUT2D eigenvalue weighted by Gasteiger charge is 2.29. The molecule has 192 valence electrons. The standard InChI is InChI=1S/C22H24N6S.C4H4O4/c1-4-18-15(3)25-21(26-20(18)27-22-24-13-17(12-23)29-22)28-11-5-6-19(28)16-9-7-14(2)8-10-16;5-3(6)1-2-4(7)8/h7-10,13,19H,4-6,11H2,1-3H3,(H,24,25,26,27);1-2H,(H,5,6)(H,7,8)/t19-;/m0./s1. The summed E-state index contributed by atoms with van der Waals surface area (Å²) in [6.07, 6.45) is 5.75. The number of aryl methyl sites for hydroxylation is 2. The van der Waals surface area contributed by atoms with Gasteiger partial charge in [0, 0.05) is 30.0 Å². The molecule has 0 aliphatic carbocycles. The first kappa shape index (κ1) is 27.3. The number of benzene rings is 1. The van der Waals surface area contributed by atoms with Crippen molar-refractivity contribution in [3.63, 3.8) is 0 Å². The number of aromatic nitrogens is 3. The van der Waals surface area contributed by atoms with Crippen LogP contribution in [0.3, 0.4) is 0 Å². The van der Waals surface area contributed by atoms with Crippen molar-refractivity contribution in [3.05, 3.63) is 69.9 Å². The molecule has 3 heterocycles. The Kier molecular flexibility index (Phi) is 9.29. The summed E-state index contributed by atoms with van der Waals surface area (Å²) in [5.74, 6) is -0.981. The summed E-state index contributed by atoms with van der Waals surface area (Å²) in [5.41, 5.74) is 4.63. The fourth-order valence-electron chi connectivity index (χ4n) is 4.01. The molecule has 0 bridgehead atoms. The Morgan fingerprint density at radius 2 is 1.86 bits per heavy atom. The SMILES string of the molecule is CCc1c(C)nc(N2CCC[C@H]2c2ccc(C)cc2)nc1Nc1ncc(C#N)s1.O=C(O)C=CC(=O)O. The van der Waals surface area contributed by atoms with Gasteiger partial charge in [-0.1, -0.05) is 48.1 Å². The van der Waals surface area contributed by atoms with Crippen molar-refractivity contribution < 1.29 is 19.8 Å². The van der Waals surface area contributed by atoms with Gasteiger partial charge < -0.3 is 20.4 Å². The van der Waals surface area contributed by atoms with Gasteiger partial charge >= 0.3 is 11.9 Å². The van der Waals surface area contributed by atoms with Gasteiger partial charge in [-0.2, -0.15) is 10.2 Å². The maximum absolute atomic E-state index is 9.55. The average molecular weight is 521 g/mol. The number of nitrogens with one attached hydrogen (secondary N) is 1. The van der Waals surface area contributed by atoms with Crippen molar-refractivity contribution >= 4 is 40.2 Å². The van der Waals surface area contributed by atoms with Crippen LogP contribution < -0.4 is 10.2 Å². The molecule has 10 nitrogen and oxygen atoms in total. The maximum atomic E-state index is 9.55. The number of rotatable bonds is 7. The van der Waals surface area contributed by atoms with Gasteiger partial charge in [0.15, 0.2) is 5.13 Å². The van der Waals surface area contributed by atoms with Crippen LogP contribution in [0.5, 0.6) is 0 Å². The molecular formula is C26H28N6O4S. The van der Waals surface area contributed by atoms with Crippen LogP contribution in [0, 0.1) is 25.2 Å². The Bertz CT molecular complexity index is 1310. The molecule has 0 unspecified atom stereocenters. The number of anilines is 3. The minimum Gasteiger partial charge on any atom is -0.478 e. The van der Waals surface area contributed by atoms with E-state index < -0.39 is 11.9 Å². The van der Waals surface area contributed by atoms with Gasteiger partial charge in [-0.15, -0.1) is 0 Å². The number of hydrogen-bond acceptors (Lipinski definition) is 9. The van der Waals surface area contributed by atoms with Crippen LogP contribution in [0.4, 0.5) is 16.9 Å². The Balaban J connectivity index is 0.000000414. The highest BCUT2D eigenvalue weighted by Crippen LogP contribution is 2.36. The van der Waals surface area contributed by atoms with Crippen molar-refractivity contribution in [1.82, 2.24) is 15.0 Å². The lowest BCUT2D eigenvalue weighted by molar-refractivity contribution is -0.134. The minimum absolute atomic E-state index is 0.292. The molecule has 0 spiro atoms. The van der Waals surface area contributed by atoms with Crippen LogP contribution in [-0.2, 0) is 16.0 Å². The van der Waals surface area contributed by atoms with Gasteiger partial charge in [0.2, 0.25) is 5.95 Å². The zero-order chi connectivity index (χ0) is 26.9. The van der Waals surface area contributed by atoms with E-state index in [2.05, 4.69) is 59.4 Å². The van der Waals surface area contributed by atoms with E-state index in [1.165, 1.54) is 22.5 Å². The van der Waals surface area contributed by atoms with Crippen LogP contribution in [0.1, 0.15) is 53.1 Å². The highest BCUT2D eigenvalue weighted by molar-refractivity contribution is 7.16. The quantitative estimate of drug-likeness (QED) is 0.371. The molecule has 1 saturated heterocycles. The molecule has 11 heteroatoms. The summed E-state index contributed by atoms with van der Waals surface area (Å²) in [6, 6.07) is 11.2. The summed E-state index contributed by atoms with van der Waals surface area (Å²) < 4.78 is 0. The van der Waals surface area contributed by atoms with Crippen LogP contribution in [0.15, 0.2) is 42.6 Å². The van der Waals surface area contributed by atoms with Crippen molar-refractivity contribution in [3.8, 4) is 6.07 Å². The Labute approximate surface area is 219 Å². The van der Waals surface area contributed by atoms with E-state index in [9.17, 15) is 9.59 Å². The molecule has 1 atom stereocenters. The van der Waals surface area contributed by atoms with E-state index in [1.807, 2.05) is 6.92 Å². The molecule has 1 fully saturated rings. The van der Waals surface area contributed by atoms with Crippen LogP contribution in [-0.4, -0.2) is 43.6 Å². The molecule has 0 amide bonds. The third-order valence-corrected chi connectivity index (χ3v) is 6.55. The number of carboxylic acid groups (broad SMARTS) is 2. The first-order chi connectivity index (χ1) is 17.7. The molecule has 1 aliphatic heterocycles. The molecule has 1 aliphatic rings. The maximum Gasteiger partial charge on any atom is 0.328 e. The second-order valence-electron chi connectivity index (χ2n) is 8.33. The lowest BCUT2D eigenvalue weighted by atomic mass is 10.0. The second kappa shape index (κ2) is 12.6. The zero-order valence-electron chi connectivity index (χ0n) is 20.8. The largest absolute Gasteiger partial charge is 0.478 e. The fraction of sp³-hybridized carbons (Fsp3) is 0.308. The fourth-order valence-corrected chi connectivity index (χ4v) is 4.62. The third-order valence-electron chi connectivity index (χ3n) is 5.74. The van der Waals surface area contributed by atoms with Crippen LogP contribution in [0.2, 0.25) is 0 Å². The third kappa shape index (κ3) is 7.35. The van der Waals surface area contributed by atoms with E-state index in [-0.39, 0.29) is 0 Å². The van der Waals surface area contributed by atoms with Crippen molar-refractivity contribution in [2.24, 2.45) is 0 Å². The van der Waals surface area contributed by atoms with E-state index in [0.29, 0.717) is 28.2 Å². The predicted octanol–water partition coefficient (Wildman–Crippen LogP) is 4.78. The van der Waals surface area contributed by atoms with Crippen molar-refractivity contribution in [2.45, 2.75) is 46.1 Å². The smallest absolute Gasteiger partial charge is 0.328 e. The lowest BCUT2D eigenvalue weighted by Gasteiger charge is -2.26. The van der Waals surface area contributed by atoms with Crippen molar-refractivity contribution in [2.75, 3.05) is 16.8 Å². The number of nitrogens with zero attached hydrogens (tertiary/aromatic N) is 5. The summed E-state index contributed by atoms with van der Waals surface area (Å²) in [6.45, 7) is 7.19. The number of hydrogen-bond donors (Lipinski definition) is 3. The predicted molar refractivity (Wildman–Crippen MR) is 141 cm³/mol. The summed E-state index contributed by atoms with van der Waals surface area (Å²) in [4.78, 5) is 36.0. The molecule has 1 aromatic carbocycles. The lowest BCUT2D eigenvalue weighted by Crippen LogP contribution is -2.25. The first-order valence-electron chi connectivity index (χ1n) is 11.7. The summed E-state index contributed by atoms with van der Waals surface area (Å²) in [7, 11) is 0. The van der Waals surface area contributed by atoms with Gasteiger partial charge in [-0.3, -0.25) is 0 Å². The van der Waals surface area contributed by atoms with Gasteiger partial charge in [-0.25, -0.2) is 19.6 Å².